The highest BCUT2D eigenvalue weighted by Crippen LogP contribution is 2.40. The van der Waals surface area contributed by atoms with Crippen LogP contribution in [0.5, 0.6) is 0 Å². The summed E-state index contributed by atoms with van der Waals surface area (Å²) in [7, 11) is 0. The summed E-state index contributed by atoms with van der Waals surface area (Å²) in [5.74, 6) is -0.551. The van der Waals surface area contributed by atoms with Crippen LogP contribution in [0.4, 0.5) is 5.69 Å². The number of carbonyl (C=O) groups excluding carboxylic acids is 1. The number of anilines is 1. The van der Waals surface area contributed by atoms with Crippen molar-refractivity contribution in [2.45, 2.75) is 44.1 Å². The second-order valence-corrected chi connectivity index (χ2v) is 7.49. The van der Waals surface area contributed by atoms with E-state index in [2.05, 4.69) is 20.4 Å². The van der Waals surface area contributed by atoms with Crippen molar-refractivity contribution in [1.82, 2.24) is 19.7 Å². The summed E-state index contributed by atoms with van der Waals surface area (Å²) in [5.41, 5.74) is 3.00. The molecule has 1 amide bonds. The SMILES string of the molecule is O=C1Nc2cc(Cl)ccc2C1c1ncnc2nn(C3CCCCC3)cc12. The van der Waals surface area contributed by atoms with E-state index < -0.39 is 5.92 Å². The molecule has 132 valence electrons. The van der Waals surface area contributed by atoms with Crippen LogP contribution < -0.4 is 5.32 Å². The van der Waals surface area contributed by atoms with E-state index in [1.807, 2.05) is 16.9 Å². The summed E-state index contributed by atoms with van der Waals surface area (Å²) in [6.07, 6.45) is 9.56. The average molecular weight is 368 g/mol. The lowest BCUT2D eigenvalue weighted by Crippen LogP contribution is -2.15. The summed E-state index contributed by atoms with van der Waals surface area (Å²) in [6.45, 7) is 0. The van der Waals surface area contributed by atoms with Crippen LogP contribution in [-0.2, 0) is 4.79 Å². The van der Waals surface area contributed by atoms with Crippen molar-refractivity contribution in [3.05, 3.63) is 47.0 Å². The van der Waals surface area contributed by atoms with Crippen molar-refractivity contribution in [3.8, 4) is 0 Å². The van der Waals surface area contributed by atoms with Crippen LogP contribution in [0, 0.1) is 0 Å². The Bertz CT molecular complexity index is 1010. The van der Waals surface area contributed by atoms with Crippen LogP contribution >= 0.6 is 11.6 Å². The normalized spacial score (nSPS) is 20.3. The van der Waals surface area contributed by atoms with Gasteiger partial charge in [0.25, 0.3) is 0 Å². The fourth-order valence-electron chi connectivity index (χ4n) is 4.14. The molecule has 6 nitrogen and oxygen atoms in total. The summed E-state index contributed by atoms with van der Waals surface area (Å²) < 4.78 is 2.03. The minimum Gasteiger partial charge on any atom is -0.325 e. The number of benzene rings is 1. The minimum atomic E-state index is -0.461. The number of carbonyl (C=O) groups is 1. The highest BCUT2D eigenvalue weighted by Gasteiger charge is 2.35. The topological polar surface area (TPSA) is 72.7 Å². The Hall–Kier alpha value is -2.47. The molecule has 2 aromatic heterocycles. The molecule has 0 spiro atoms. The van der Waals surface area contributed by atoms with Crippen molar-refractivity contribution in [1.29, 1.82) is 0 Å². The fourth-order valence-corrected chi connectivity index (χ4v) is 4.31. The maximum Gasteiger partial charge on any atom is 0.238 e. The molecular formula is C19H18ClN5O. The lowest BCUT2D eigenvalue weighted by Gasteiger charge is -2.21. The summed E-state index contributed by atoms with van der Waals surface area (Å²) in [6, 6.07) is 5.88. The van der Waals surface area contributed by atoms with Gasteiger partial charge in [0.2, 0.25) is 5.91 Å². The number of hydrogen-bond donors (Lipinski definition) is 1. The Morgan fingerprint density at radius 2 is 2.00 bits per heavy atom. The molecule has 5 rings (SSSR count). The smallest absolute Gasteiger partial charge is 0.238 e. The molecule has 1 unspecified atom stereocenters. The van der Waals surface area contributed by atoms with Crippen LogP contribution in [-0.4, -0.2) is 25.7 Å². The van der Waals surface area contributed by atoms with Crippen molar-refractivity contribution in [2.75, 3.05) is 5.32 Å². The Morgan fingerprint density at radius 1 is 1.15 bits per heavy atom. The maximum atomic E-state index is 12.7. The van der Waals surface area contributed by atoms with Crippen molar-refractivity contribution < 1.29 is 4.79 Å². The van der Waals surface area contributed by atoms with Gasteiger partial charge in [-0.3, -0.25) is 9.48 Å². The first-order valence-electron chi connectivity index (χ1n) is 9.01. The van der Waals surface area contributed by atoms with Crippen LogP contribution in [0.25, 0.3) is 11.0 Å². The molecule has 26 heavy (non-hydrogen) atoms. The third-order valence-corrected chi connectivity index (χ3v) is 5.67. The molecule has 1 atom stereocenters. The highest BCUT2D eigenvalue weighted by atomic mass is 35.5. The van der Waals surface area contributed by atoms with Gasteiger partial charge in [-0.25, -0.2) is 9.97 Å². The third-order valence-electron chi connectivity index (χ3n) is 5.43. The molecule has 7 heteroatoms. The van der Waals surface area contributed by atoms with Crippen LogP contribution in [0.3, 0.4) is 0 Å². The van der Waals surface area contributed by atoms with E-state index in [-0.39, 0.29) is 5.91 Å². The monoisotopic (exact) mass is 367 g/mol. The molecule has 1 aliphatic carbocycles. The van der Waals surface area contributed by atoms with E-state index in [0.29, 0.717) is 22.4 Å². The molecule has 1 aromatic carbocycles. The molecule has 0 saturated heterocycles. The van der Waals surface area contributed by atoms with Gasteiger partial charge >= 0.3 is 0 Å². The number of nitrogens with zero attached hydrogens (tertiary/aromatic N) is 4. The number of fused-ring (bicyclic) bond motifs is 2. The first kappa shape index (κ1) is 15.8. The number of nitrogens with one attached hydrogen (secondary N) is 1. The molecule has 1 fully saturated rings. The van der Waals surface area contributed by atoms with E-state index in [1.54, 1.807) is 12.1 Å². The van der Waals surface area contributed by atoms with Gasteiger partial charge in [0.05, 0.1) is 17.1 Å². The Morgan fingerprint density at radius 3 is 2.85 bits per heavy atom. The predicted molar refractivity (Wildman–Crippen MR) is 99.4 cm³/mol. The Labute approximate surface area is 155 Å². The second kappa shape index (κ2) is 6.06. The molecule has 1 aliphatic heterocycles. The lowest BCUT2D eigenvalue weighted by atomic mass is 9.95. The molecule has 0 bridgehead atoms. The summed E-state index contributed by atoms with van der Waals surface area (Å²) >= 11 is 6.06. The van der Waals surface area contributed by atoms with Gasteiger partial charge in [0, 0.05) is 16.9 Å². The standard InChI is InChI=1S/C19H18ClN5O/c20-11-6-7-13-15(8-11)23-19(26)16(13)17-14-9-25(12-4-2-1-3-5-12)24-18(14)22-10-21-17/h6-10,12,16H,1-5H2,(H,23,26). The molecule has 3 heterocycles. The lowest BCUT2D eigenvalue weighted by molar-refractivity contribution is -0.116. The number of halogens is 1. The van der Waals surface area contributed by atoms with Gasteiger partial charge in [-0.2, -0.15) is 5.10 Å². The van der Waals surface area contributed by atoms with Gasteiger partial charge in [-0.15, -0.1) is 0 Å². The number of aromatic nitrogens is 4. The number of rotatable bonds is 2. The van der Waals surface area contributed by atoms with Crippen molar-refractivity contribution in [3.63, 3.8) is 0 Å². The van der Waals surface area contributed by atoms with Crippen molar-refractivity contribution >= 4 is 34.2 Å². The van der Waals surface area contributed by atoms with Gasteiger partial charge in [-0.05, 0) is 30.5 Å². The fraction of sp³-hybridized carbons (Fsp3) is 0.368. The zero-order chi connectivity index (χ0) is 17.7. The van der Waals surface area contributed by atoms with Crippen LogP contribution in [0.1, 0.15) is 55.3 Å². The quantitative estimate of drug-likeness (QED) is 0.741. The minimum absolute atomic E-state index is 0.0901. The maximum absolute atomic E-state index is 12.7. The first-order chi connectivity index (χ1) is 12.7. The summed E-state index contributed by atoms with van der Waals surface area (Å²) in [4.78, 5) is 21.4. The predicted octanol–water partition coefficient (Wildman–Crippen LogP) is 4.07. The first-order valence-corrected chi connectivity index (χ1v) is 9.38. The summed E-state index contributed by atoms with van der Waals surface area (Å²) in [5, 5.41) is 9.03. The zero-order valence-electron chi connectivity index (χ0n) is 14.2. The number of hydrogen-bond acceptors (Lipinski definition) is 4. The zero-order valence-corrected chi connectivity index (χ0v) is 14.9. The van der Waals surface area contributed by atoms with Gasteiger partial charge in [-0.1, -0.05) is 36.9 Å². The van der Waals surface area contributed by atoms with E-state index in [4.69, 9.17) is 11.6 Å². The van der Waals surface area contributed by atoms with Gasteiger partial charge in [0.1, 0.15) is 12.2 Å². The number of amides is 1. The van der Waals surface area contributed by atoms with E-state index in [1.165, 1.54) is 25.6 Å². The Balaban J connectivity index is 1.61. The largest absolute Gasteiger partial charge is 0.325 e. The average Bonchev–Trinajstić information content (AvgIpc) is 3.22. The third kappa shape index (κ3) is 2.48. The molecule has 1 N–H and O–H groups in total. The van der Waals surface area contributed by atoms with Crippen molar-refractivity contribution in [2.24, 2.45) is 0 Å². The van der Waals surface area contributed by atoms with Gasteiger partial charge < -0.3 is 5.32 Å². The molecular weight excluding hydrogens is 350 g/mol. The van der Waals surface area contributed by atoms with E-state index in [0.717, 1.165) is 29.5 Å². The molecule has 0 radical (unpaired) electrons. The van der Waals surface area contributed by atoms with E-state index in [9.17, 15) is 4.79 Å². The van der Waals surface area contributed by atoms with Gasteiger partial charge in [0.15, 0.2) is 5.65 Å². The van der Waals surface area contributed by atoms with Crippen LogP contribution in [0.15, 0.2) is 30.7 Å². The van der Waals surface area contributed by atoms with E-state index >= 15 is 0 Å². The molecule has 1 saturated carbocycles. The Kier molecular flexibility index (Phi) is 3.67. The highest BCUT2D eigenvalue weighted by molar-refractivity contribution is 6.31. The molecule has 2 aliphatic rings. The molecule has 3 aromatic rings. The van der Waals surface area contributed by atoms with Crippen LogP contribution in [0.2, 0.25) is 5.02 Å². The second-order valence-electron chi connectivity index (χ2n) is 7.05.